The molecule has 3 heteroatoms. The van der Waals surface area contributed by atoms with Gasteiger partial charge in [-0.2, -0.15) is 0 Å². The molecule has 0 spiro atoms. The first kappa shape index (κ1) is 10.8. The fourth-order valence-corrected chi connectivity index (χ4v) is 3.73. The van der Waals surface area contributed by atoms with Crippen LogP contribution >= 0.6 is 8.73 Å². The molecule has 1 saturated heterocycles. The second-order valence-electron chi connectivity index (χ2n) is 4.44. The van der Waals surface area contributed by atoms with Crippen molar-refractivity contribution in [1.29, 1.82) is 0 Å². The van der Waals surface area contributed by atoms with Gasteiger partial charge in [0.25, 0.3) is 0 Å². The van der Waals surface area contributed by atoms with Crippen LogP contribution in [0.1, 0.15) is 26.7 Å². The van der Waals surface area contributed by atoms with E-state index >= 15 is 0 Å². The Bertz CT molecular complexity index is 316. The minimum Gasteiger partial charge on any atom is -0.369 e. The zero-order valence-electron chi connectivity index (χ0n) is 9.51. The van der Waals surface area contributed by atoms with Crippen molar-refractivity contribution in [2.45, 2.75) is 32.7 Å². The molecule has 2 nitrogen and oxygen atoms in total. The molecule has 0 aromatic rings. The van der Waals surface area contributed by atoms with Crippen molar-refractivity contribution in [3.8, 4) is 12.3 Å². The molecule has 82 valence electrons. The molecule has 0 aromatic heterocycles. The van der Waals surface area contributed by atoms with Crippen LogP contribution in [-0.4, -0.2) is 23.4 Å². The zero-order chi connectivity index (χ0) is 10.8. The third-order valence-electron chi connectivity index (χ3n) is 2.98. The summed E-state index contributed by atoms with van der Waals surface area (Å²) in [5.74, 6) is 3.66. The van der Waals surface area contributed by atoms with Crippen LogP contribution in [0.4, 0.5) is 0 Å². The molecule has 0 aliphatic carbocycles. The molecular weight excluding hydrogens is 203 g/mol. The van der Waals surface area contributed by atoms with E-state index in [-0.39, 0.29) is 6.04 Å². The Labute approximate surface area is 94.3 Å². The first-order chi connectivity index (χ1) is 7.26. The number of hydrogen-bond acceptors (Lipinski definition) is 2. The fourth-order valence-electron chi connectivity index (χ4n) is 2.19. The lowest BCUT2D eigenvalue weighted by atomic mass is 10.0. The Balaban J connectivity index is 2.10. The van der Waals surface area contributed by atoms with Gasteiger partial charge in [0.1, 0.15) is 6.04 Å². The van der Waals surface area contributed by atoms with Gasteiger partial charge in [-0.05, 0) is 27.2 Å². The molecule has 1 fully saturated rings. The lowest BCUT2D eigenvalue weighted by Crippen LogP contribution is -2.46. The Morgan fingerprint density at radius 1 is 1.67 bits per heavy atom. The second-order valence-corrected chi connectivity index (χ2v) is 5.70. The topological polar surface area (TPSA) is 15.3 Å². The zero-order valence-corrected chi connectivity index (χ0v) is 10.5. The predicted molar refractivity (Wildman–Crippen MR) is 66.7 cm³/mol. The number of allylic oxidation sites excluding steroid dienone is 1. The van der Waals surface area contributed by atoms with Crippen molar-refractivity contribution in [3.05, 3.63) is 11.4 Å². The molecule has 2 aliphatic rings. The summed E-state index contributed by atoms with van der Waals surface area (Å²) in [5, 5.41) is 3.38. The molecule has 2 rings (SSSR count). The third kappa shape index (κ3) is 1.99. The van der Waals surface area contributed by atoms with Crippen molar-refractivity contribution < 1.29 is 0 Å². The molecule has 2 aliphatic heterocycles. The van der Waals surface area contributed by atoms with E-state index in [0.717, 1.165) is 21.1 Å². The van der Waals surface area contributed by atoms with Gasteiger partial charge in [0.05, 0.1) is 5.70 Å². The molecule has 0 radical (unpaired) electrons. The van der Waals surface area contributed by atoms with E-state index in [0.29, 0.717) is 0 Å². The molecule has 1 N–H and O–H groups in total. The molecular formula is C12H19N2P. The first-order valence-electron chi connectivity index (χ1n) is 5.73. The summed E-state index contributed by atoms with van der Waals surface area (Å²) in [4.78, 5) is 0. The van der Waals surface area contributed by atoms with Gasteiger partial charge < -0.3 is 9.99 Å². The minimum atomic E-state index is 0.185. The first-order valence-corrected chi connectivity index (χ1v) is 6.88. The average molecular weight is 222 g/mol. The molecule has 0 bridgehead atoms. The number of hydrogen-bond donors (Lipinski definition) is 1. The van der Waals surface area contributed by atoms with Gasteiger partial charge in [0.15, 0.2) is 0 Å². The van der Waals surface area contributed by atoms with Crippen molar-refractivity contribution in [1.82, 2.24) is 9.99 Å². The molecule has 0 amide bonds. The van der Waals surface area contributed by atoms with Crippen molar-refractivity contribution in [2.24, 2.45) is 5.92 Å². The number of rotatable bonds is 3. The SMILES string of the molecule is C#CC1NC(CCC)=C1N1CC(C)CP1. The van der Waals surface area contributed by atoms with Gasteiger partial charge in [-0.3, -0.25) is 0 Å². The van der Waals surface area contributed by atoms with Gasteiger partial charge in [0.2, 0.25) is 0 Å². The van der Waals surface area contributed by atoms with Crippen molar-refractivity contribution in [3.63, 3.8) is 0 Å². The van der Waals surface area contributed by atoms with Crippen molar-refractivity contribution in [2.75, 3.05) is 12.7 Å². The number of nitrogens with zero attached hydrogens (tertiary/aromatic N) is 1. The predicted octanol–water partition coefficient (Wildman–Crippen LogP) is 2.15. The summed E-state index contributed by atoms with van der Waals surface area (Å²) in [7, 11) is 0.938. The standard InChI is InChI=1S/C12H19N2P/c1-4-6-11-12(10(5-2)13-11)14-7-9(3)8-15-14/h2,9-10,13,15H,4,6-8H2,1,3H3. The smallest absolute Gasteiger partial charge is 0.130 e. The van der Waals surface area contributed by atoms with Gasteiger partial charge in [0, 0.05) is 12.2 Å². The summed E-state index contributed by atoms with van der Waals surface area (Å²) in [6, 6.07) is 0.185. The fraction of sp³-hybridized carbons (Fsp3) is 0.667. The van der Waals surface area contributed by atoms with E-state index in [4.69, 9.17) is 6.42 Å². The highest BCUT2D eigenvalue weighted by Gasteiger charge is 2.33. The Hall–Kier alpha value is -0.670. The summed E-state index contributed by atoms with van der Waals surface area (Å²) in [5.41, 5.74) is 2.81. The van der Waals surface area contributed by atoms with Crippen LogP contribution < -0.4 is 5.32 Å². The van der Waals surface area contributed by atoms with Gasteiger partial charge in [-0.15, -0.1) is 6.42 Å². The van der Waals surface area contributed by atoms with Gasteiger partial charge in [-0.1, -0.05) is 26.2 Å². The van der Waals surface area contributed by atoms with Gasteiger partial charge in [-0.25, -0.2) is 0 Å². The maximum Gasteiger partial charge on any atom is 0.130 e. The van der Waals surface area contributed by atoms with Crippen LogP contribution in [0.2, 0.25) is 0 Å². The molecule has 3 atom stereocenters. The van der Waals surface area contributed by atoms with Crippen LogP contribution in [-0.2, 0) is 0 Å². The maximum atomic E-state index is 5.51. The highest BCUT2D eigenvalue weighted by Crippen LogP contribution is 2.40. The minimum absolute atomic E-state index is 0.185. The Morgan fingerprint density at radius 3 is 3.00 bits per heavy atom. The third-order valence-corrected chi connectivity index (χ3v) is 4.67. The summed E-state index contributed by atoms with van der Waals surface area (Å²) in [6.45, 7) is 5.73. The van der Waals surface area contributed by atoms with Gasteiger partial charge >= 0.3 is 0 Å². The molecule has 2 heterocycles. The lowest BCUT2D eigenvalue weighted by molar-refractivity contribution is 0.427. The quantitative estimate of drug-likeness (QED) is 0.581. The molecule has 0 saturated carbocycles. The Kier molecular flexibility index (Phi) is 3.22. The van der Waals surface area contributed by atoms with Crippen LogP contribution in [0, 0.1) is 18.3 Å². The van der Waals surface area contributed by atoms with E-state index < -0.39 is 0 Å². The highest BCUT2D eigenvalue weighted by atomic mass is 31.1. The highest BCUT2D eigenvalue weighted by molar-refractivity contribution is 7.35. The van der Waals surface area contributed by atoms with Crippen LogP contribution in [0.25, 0.3) is 0 Å². The lowest BCUT2D eigenvalue weighted by Gasteiger charge is -2.38. The van der Waals surface area contributed by atoms with Crippen molar-refractivity contribution >= 4 is 8.73 Å². The molecule has 15 heavy (non-hydrogen) atoms. The summed E-state index contributed by atoms with van der Waals surface area (Å²) >= 11 is 0. The van der Waals surface area contributed by atoms with E-state index in [2.05, 4.69) is 29.8 Å². The van der Waals surface area contributed by atoms with Crippen LogP contribution in [0.5, 0.6) is 0 Å². The van der Waals surface area contributed by atoms with E-state index in [1.165, 1.54) is 30.5 Å². The summed E-state index contributed by atoms with van der Waals surface area (Å²) in [6.07, 6.45) is 9.18. The largest absolute Gasteiger partial charge is 0.369 e. The maximum absolute atomic E-state index is 5.51. The normalized spacial score (nSPS) is 31.4. The average Bonchev–Trinajstić information content (AvgIpc) is 2.58. The number of nitrogens with one attached hydrogen (secondary N) is 1. The van der Waals surface area contributed by atoms with E-state index in [1.807, 2.05) is 0 Å². The number of terminal acetylenes is 1. The van der Waals surface area contributed by atoms with E-state index in [9.17, 15) is 0 Å². The Morgan fingerprint density at radius 2 is 2.47 bits per heavy atom. The van der Waals surface area contributed by atoms with E-state index in [1.54, 1.807) is 0 Å². The molecule has 3 unspecified atom stereocenters. The second kappa shape index (κ2) is 4.45. The van der Waals surface area contributed by atoms with Crippen LogP contribution in [0.15, 0.2) is 11.4 Å². The molecule has 0 aromatic carbocycles. The summed E-state index contributed by atoms with van der Waals surface area (Å²) < 4.78 is 2.51. The monoisotopic (exact) mass is 222 g/mol. The van der Waals surface area contributed by atoms with Crippen LogP contribution in [0.3, 0.4) is 0 Å².